The quantitative estimate of drug-likeness (QED) is 0.463. The summed E-state index contributed by atoms with van der Waals surface area (Å²) in [6, 6.07) is 0. The smallest absolute Gasteiger partial charge is 0.252 e. The minimum absolute atomic E-state index is 0.0667. The number of terminal acetylenes is 2. The first kappa shape index (κ1) is 17.8. The molecule has 2 amide bonds. The summed E-state index contributed by atoms with van der Waals surface area (Å²) in [7, 11) is 0. The molecule has 2 aliphatic heterocycles. The average molecular weight is 321 g/mol. The third kappa shape index (κ3) is 3.92. The number of amides is 2. The Morgan fingerprint density at radius 3 is 1.91 bits per heavy atom. The van der Waals surface area contributed by atoms with Crippen molar-refractivity contribution in [3.8, 4) is 24.7 Å². The maximum atomic E-state index is 11.2. The molecule has 0 aromatic rings. The van der Waals surface area contributed by atoms with Crippen LogP contribution in [0.15, 0.2) is 23.3 Å². The van der Waals surface area contributed by atoms with Gasteiger partial charge in [0.15, 0.2) is 0 Å². The van der Waals surface area contributed by atoms with Gasteiger partial charge in [-0.25, -0.2) is 0 Å². The lowest BCUT2D eigenvalue weighted by atomic mass is 10.3. The highest BCUT2D eigenvalue weighted by atomic mass is 35.5. The van der Waals surface area contributed by atoms with Crippen LogP contribution in [0.25, 0.3) is 0 Å². The first-order chi connectivity index (χ1) is 10.3. The zero-order valence-electron chi connectivity index (χ0n) is 12.4. The third-order valence-corrected chi connectivity index (χ3v) is 3.48. The van der Waals surface area contributed by atoms with Crippen LogP contribution in [0.1, 0.15) is 13.8 Å². The molecule has 0 radical (unpaired) electrons. The largest absolute Gasteiger partial charge is 0.370 e. The first-order valence-electron chi connectivity index (χ1n) is 6.51. The summed E-state index contributed by atoms with van der Waals surface area (Å²) in [5.41, 5.74) is 0.853. The molecule has 0 saturated heterocycles. The Balaban J connectivity index is 0.000000220. The van der Waals surface area contributed by atoms with Gasteiger partial charge >= 0.3 is 0 Å². The second-order valence-electron chi connectivity index (χ2n) is 4.76. The molecule has 0 aromatic heterocycles. The lowest BCUT2D eigenvalue weighted by Crippen LogP contribution is -2.34. The topological polar surface area (TPSA) is 60.9 Å². The molecule has 2 rings (SSSR count). The number of nitrogens with zero attached hydrogens (tertiary/aromatic N) is 2. The number of hydrogen-bond donors (Lipinski definition) is 1. The molecule has 2 unspecified atom stereocenters. The van der Waals surface area contributed by atoms with Crippen LogP contribution in [0, 0.1) is 24.7 Å². The molecule has 2 aliphatic rings. The van der Waals surface area contributed by atoms with E-state index in [0.717, 1.165) is 0 Å². The van der Waals surface area contributed by atoms with E-state index in [0.29, 0.717) is 11.1 Å². The van der Waals surface area contributed by atoms with Gasteiger partial charge in [-0.1, -0.05) is 23.4 Å². The Hall–Kier alpha value is -2.21. The lowest BCUT2D eigenvalue weighted by Gasteiger charge is -2.16. The van der Waals surface area contributed by atoms with Crippen molar-refractivity contribution < 1.29 is 14.7 Å². The summed E-state index contributed by atoms with van der Waals surface area (Å²) in [6.45, 7) is 3.82. The second kappa shape index (κ2) is 7.70. The summed E-state index contributed by atoms with van der Waals surface area (Å²) >= 11 is 5.78. The van der Waals surface area contributed by atoms with Gasteiger partial charge in [-0.05, 0) is 26.0 Å². The predicted octanol–water partition coefficient (Wildman–Crippen LogP) is 0.700. The summed E-state index contributed by atoms with van der Waals surface area (Å²) in [6.07, 6.45) is 12.4. The van der Waals surface area contributed by atoms with Gasteiger partial charge in [-0.3, -0.25) is 14.5 Å². The summed E-state index contributed by atoms with van der Waals surface area (Å²) in [4.78, 5) is 25.0. The van der Waals surface area contributed by atoms with Crippen molar-refractivity contribution in [2.24, 2.45) is 0 Å². The average Bonchev–Trinajstić information content (AvgIpc) is 2.84. The predicted molar refractivity (Wildman–Crippen MR) is 84.3 cm³/mol. The number of hydrogen-bond acceptors (Lipinski definition) is 3. The SMILES string of the molecule is C#CCN1C(=O)C(C)=CC1Cl.C#CCN1C(=O)C(C)=CC1O. The van der Waals surface area contributed by atoms with Gasteiger partial charge in [0.2, 0.25) is 0 Å². The van der Waals surface area contributed by atoms with Crippen LogP contribution in [-0.2, 0) is 9.59 Å². The second-order valence-corrected chi connectivity index (χ2v) is 5.21. The normalized spacial score (nSPS) is 23.4. The number of aliphatic hydroxyl groups excluding tert-OH is 1. The standard InChI is InChI=1S/C8H8ClNO.C8H9NO2/c1-3-4-10-7(9)5-6(2)8(10)11;1-3-4-9-7(10)5-6(2)8(9)11/h1,5,7H,4H2,2H3;1,5,7,10H,4H2,2H3. The monoisotopic (exact) mass is 320 g/mol. The number of alkyl halides is 1. The van der Waals surface area contributed by atoms with Crippen molar-refractivity contribution in [3.05, 3.63) is 23.3 Å². The van der Waals surface area contributed by atoms with E-state index in [-0.39, 0.29) is 30.4 Å². The number of aliphatic hydroxyl groups is 1. The van der Waals surface area contributed by atoms with E-state index in [4.69, 9.17) is 24.4 Å². The first-order valence-corrected chi connectivity index (χ1v) is 6.95. The molecule has 0 spiro atoms. The molecule has 6 heteroatoms. The maximum Gasteiger partial charge on any atom is 0.252 e. The highest BCUT2D eigenvalue weighted by Gasteiger charge is 2.27. The minimum atomic E-state index is -0.835. The Bertz CT molecular complexity index is 556. The van der Waals surface area contributed by atoms with Gasteiger partial charge in [-0.2, -0.15) is 0 Å². The van der Waals surface area contributed by atoms with Crippen LogP contribution >= 0.6 is 11.6 Å². The van der Waals surface area contributed by atoms with Crippen molar-refractivity contribution in [3.63, 3.8) is 0 Å². The molecular weight excluding hydrogens is 304 g/mol. The molecule has 0 fully saturated rings. The zero-order valence-corrected chi connectivity index (χ0v) is 13.2. The molecule has 1 N–H and O–H groups in total. The Kier molecular flexibility index (Phi) is 6.24. The summed E-state index contributed by atoms with van der Waals surface area (Å²) < 4.78 is 0. The van der Waals surface area contributed by atoms with E-state index in [9.17, 15) is 14.7 Å². The van der Waals surface area contributed by atoms with Crippen molar-refractivity contribution in [1.29, 1.82) is 0 Å². The molecule has 22 heavy (non-hydrogen) atoms. The van der Waals surface area contributed by atoms with E-state index in [2.05, 4.69) is 11.8 Å². The number of rotatable bonds is 2. The Morgan fingerprint density at radius 1 is 1.09 bits per heavy atom. The van der Waals surface area contributed by atoms with Gasteiger partial charge in [0, 0.05) is 11.1 Å². The van der Waals surface area contributed by atoms with Crippen molar-refractivity contribution in [1.82, 2.24) is 9.80 Å². The Morgan fingerprint density at radius 2 is 1.55 bits per heavy atom. The fourth-order valence-electron chi connectivity index (χ4n) is 1.96. The van der Waals surface area contributed by atoms with E-state index in [1.807, 2.05) is 0 Å². The molecule has 0 bridgehead atoms. The molecule has 5 nitrogen and oxygen atoms in total. The van der Waals surface area contributed by atoms with Gasteiger partial charge in [-0.15, -0.1) is 12.8 Å². The molecule has 2 atom stereocenters. The fourth-order valence-corrected chi connectivity index (χ4v) is 2.31. The number of carbonyl (C=O) groups excluding carboxylic acids is 2. The van der Waals surface area contributed by atoms with E-state index in [1.165, 1.54) is 15.9 Å². The molecule has 0 aliphatic carbocycles. The molecule has 2 heterocycles. The maximum absolute atomic E-state index is 11.2. The van der Waals surface area contributed by atoms with Gasteiger partial charge in [0.1, 0.15) is 11.7 Å². The zero-order chi connectivity index (χ0) is 16.9. The van der Waals surface area contributed by atoms with Crippen LogP contribution in [-0.4, -0.2) is 51.5 Å². The highest BCUT2D eigenvalue weighted by molar-refractivity contribution is 6.24. The van der Waals surface area contributed by atoms with E-state index in [1.54, 1.807) is 19.9 Å². The van der Waals surface area contributed by atoms with Crippen LogP contribution in [0.4, 0.5) is 0 Å². The number of carbonyl (C=O) groups is 2. The molecule has 0 saturated carbocycles. The van der Waals surface area contributed by atoms with Crippen molar-refractivity contribution >= 4 is 23.4 Å². The fraction of sp³-hybridized carbons (Fsp3) is 0.375. The van der Waals surface area contributed by atoms with Crippen LogP contribution in [0.2, 0.25) is 0 Å². The molecule has 0 aromatic carbocycles. The van der Waals surface area contributed by atoms with Crippen LogP contribution in [0.3, 0.4) is 0 Å². The van der Waals surface area contributed by atoms with Crippen LogP contribution < -0.4 is 0 Å². The van der Waals surface area contributed by atoms with Crippen molar-refractivity contribution in [2.75, 3.05) is 13.1 Å². The summed E-state index contributed by atoms with van der Waals surface area (Å²) in [5, 5.41) is 9.19. The van der Waals surface area contributed by atoms with Gasteiger partial charge in [0.05, 0.1) is 13.1 Å². The van der Waals surface area contributed by atoms with E-state index < -0.39 is 6.23 Å². The number of halogens is 1. The lowest BCUT2D eigenvalue weighted by molar-refractivity contribution is -0.130. The minimum Gasteiger partial charge on any atom is -0.370 e. The molecular formula is C16H17ClN2O3. The van der Waals surface area contributed by atoms with E-state index >= 15 is 0 Å². The third-order valence-electron chi connectivity index (χ3n) is 3.12. The summed E-state index contributed by atoms with van der Waals surface area (Å²) in [5.74, 6) is 4.43. The Labute approximate surface area is 135 Å². The molecule has 116 valence electrons. The van der Waals surface area contributed by atoms with Gasteiger partial charge in [0.25, 0.3) is 11.8 Å². The highest BCUT2D eigenvalue weighted by Crippen LogP contribution is 2.19. The van der Waals surface area contributed by atoms with Crippen LogP contribution in [0.5, 0.6) is 0 Å². The van der Waals surface area contributed by atoms with Crippen molar-refractivity contribution in [2.45, 2.75) is 25.6 Å². The van der Waals surface area contributed by atoms with Gasteiger partial charge < -0.3 is 10.0 Å².